The van der Waals surface area contributed by atoms with Crippen molar-refractivity contribution in [1.29, 1.82) is 0 Å². The lowest BCUT2D eigenvalue weighted by Gasteiger charge is -2.18. The second-order valence-electron chi connectivity index (χ2n) is 7.82. The Bertz CT molecular complexity index is 1370. The number of hydrogen-bond donors (Lipinski definition) is 4. The van der Waals surface area contributed by atoms with Gasteiger partial charge < -0.3 is 11.1 Å². The third kappa shape index (κ3) is 3.92. The molecule has 4 N–H and O–H groups in total. The Hall–Kier alpha value is -3.07. The van der Waals surface area contributed by atoms with E-state index in [0.29, 0.717) is 22.0 Å². The SMILES string of the molecule is Nc1ccc(-c2ccc(F)cc2)cc1NC(=O)c1cc2cc([SH]3(=O)CCCN3)ccc2s1. The van der Waals surface area contributed by atoms with Crippen molar-refractivity contribution in [3.63, 3.8) is 0 Å². The highest BCUT2D eigenvalue weighted by atomic mass is 32.3. The first-order valence-electron chi connectivity index (χ1n) is 10.3. The van der Waals surface area contributed by atoms with E-state index >= 15 is 0 Å². The van der Waals surface area contributed by atoms with Crippen molar-refractivity contribution in [3.8, 4) is 11.1 Å². The second kappa shape index (κ2) is 8.12. The van der Waals surface area contributed by atoms with Gasteiger partial charge in [0.1, 0.15) is 5.82 Å². The highest BCUT2D eigenvalue weighted by Crippen LogP contribution is 2.32. The summed E-state index contributed by atoms with van der Waals surface area (Å²) in [4.78, 5) is 14.3. The zero-order valence-electron chi connectivity index (χ0n) is 17.1. The minimum Gasteiger partial charge on any atom is -0.397 e. The molecule has 0 spiro atoms. The monoisotopic (exact) mass is 467 g/mol. The van der Waals surface area contributed by atoms with Crippen LogP contribution in [0.2, 0.25) is 0 Å². The molecule has 5 rings (SSSR count). The summed E-state index contributed by atoms with van der Waals surface area (Å²) in [6.45, 7) is 0.769. The van der Waals surface area contributed by atoms with Crippen LogP contribution in [0.4, 0.5) is 15.8 Å². The third-order valence-corrected chi connectivity index (χ3v) is 9.54. The first kappa shape index (κ1) is 20.8. The van der Waals surface area contributed by atoms with Gasteiger partial charge in [-0.15, -0.1) is 11.3 Å². The summed E-state index contributed by atoms with van der Waals surface area (Å²) in [6, 6.07) is 19.0. The minimum atomic E-state index is -2.53. The number of carbonyl (C=O) groups excluding carboxylic acids is 1. The lowest BCUT2D eigenvalue weighted by Crippen LogP contribution is -2.25. The molecule has 164 valence electrons. The van der Waals surface area contributed by atoms with Gasteiger partial charge in [-0.25, -0.2) is 4.39 Å². The van der Waals surface area contributed by atoms with E-state index in [1.54, 1.807) is 24.3 Å². The van der Waals surface area contributed by atoms with Gasteiger partial charge in [-0.05, 0) is 81.6 Å². The summed E-state index contributed by atoms with van der Waals surface area (Å²) in [5, 5.41) is 3.79. The lowest BCUT2D eigenvalue weighted by molar-refractivity contribution is 0.103. The molecule has 0 radical (unpaired) electrons. The molecular formula is C24H22FN3O2S2. The quantitative estimate of drug-likeness (QED) is 0.256. The molecule has 5 nitrogen and oxygen atoms in total. The highest BCUT2D eigenvalue weighted by Gasteiger charge is 2.23. The largest absolute Gasteiger partial charge is 0.397 e. The molecule has 1 fully saturated rings. The van der Waals surface area contributed by atoms with E-state index in [0.717, 1.165) is 39.1 Å². The fraction of sp³-hybridized carbons (Fsp3) is 0.125. The number of fused-ring (bicyclic) bond motifs is 1. The van der Waals surface area contributed by atoms with Gasteiger partial charge in [0.05, 0.1) is 16.3 Å². The zero-order chi connectivity index (χ0) is 22.3. The molecule has 32 heavy (non-hydrogen) atoms. The summed E-state index contributed by atoms with van der Waals surface area (Å²) in [5.74, 6) is 0.0975. The summed E-state index contributed by atoms with van der Waals surface area (Å²) < 4.78 is 30.4. The zero-order valence-corrected chi connectivity index (χ0v) is 18.8. The van der Waals surface area contributed by atoms with Crippen LogP contribution in [0.25, 0.3) is 21.2 Å². The average Bonchev–Trinajstić information content (AvgIpc) is 3.42. The molecule has 0 atom stereocenters. The van der Waals surface area contributed by atoms with Crippen molar-refractivity contribution in [2.75, 3.05) is 23.3 Å². The van der Waals surface area contributed by atoms with Crippen LogP contribution in [0, 0.1) is 5.82 Å². The maximum Gasteiger partial charge on any atom is 0.265 e. The van der Waals surface area contributed by atoms with Gasteiger partial charge in [-0.3, -0.25) is 13.7 Å². The van der Waals surface area contributed by atoms with E-state index in [1.807, 2.05) is 30.3 Å². The number of thiophene rings is 1. The van der Waals surface area contributed by atoms with Gasteiger partial charge >= 0.3 is 0 Å². The molecule has 4 aromatic rings. The number of nitrogen functional groups attached to an aromatic ring is 1. The Morgan fingerprint density at radius 3 is 2.56 bits per heavy atom. The Balaban J connectivity index is 1.41. The van der Waals surface area contributed by atoms with Gasteiger partial charge in [0.15, 0.2) is 0 Å². The number of anilines is 2. The number of thiol groups is 1. The maximum atomic E-state index is 13.2. The predicted octanol–water partition coefficient (Wildman–Crippen LogP) is 4.83. The van der Waals surface area contributed by atoms with Crippen molar-refractivity contribution in [1.82, 2.24) is 4.72 Å². The number of halogens is 1. The Kier molecular flexibility index (Phi) is 5.28. The van der Waals surface area contributed by atoms with Gasteiger partial charge in [0, 0.05) is 21.9 Å². The molecule has 1 aliphatic rings. The van der Waals surface area contributed by atoms with Gasteiger partial charge in [0.25, 0.3) is 5.91 Å². The first-order chi connectivity index (χ1) is 15.4. The maximum absolute atomic E-state index is 13.2. The van der Waals surface area contributed by atoms with Crippen molar-refractivity contribution >= 4 is 48.8 Å². The Morgan fingerprint density at radius 2 is 1.81 bits per heavy atom. The number of hydrogen-bond acceptors (Lipinski definition) is 4. The summed E-state index contributed by atoms with van der Waals surface area (Å²) in [6.07, 6.45) is 0.908. The number of amides is 1. The summed E-state index contributed by atoms with van der Waals surface area (Å²) >= 11 is 1.38. The van der Waals surface area contributed by atoms with E-state index in [-0.39, 0.29) is 11.7 Å². The molecule has 2 heterocycles. The molecule has 0 saturated carbocycles. The smallest absolute Gasteiger partial charge is 0.265 e. The average molecular weight is 468 g/mol. The molecule has 1 saturated heterocycles. The van der Waals surface area contributed by atoms with E-state index in [2.05, 4.69) is 10.0 Å². The summed E-state index contributed by atoms with van der Waals surface area (Å²) in [5.41, 5.74) is 8.67. The Morgan fingerprint density at radius 1 is 1.03 bits per heavy atom. The van der Waals surface area contributed by atoms with Crippen LogP contribution in [0.3, 0.4) is 0 Å². The minimum absolute atomic E-state index is 0.263. The lowest BCUT2D eigenvalue weighted by atomic mass is 10.0. The van der Waals surface area contributed by atoms with Crippen LogP contribution in [-0.4, -0.2) is 22.4 Å². The van der Waals surface area contributed by atoms with E-state index < -0.39 is 10.1 Å². The molecule has 8 heteroatoms. The fourth-order valence-electron chi connectivity index (χ4n) is 3.90. The molecule has 1 aliphatic heterocycles. The summed E-state index contributed by atoms with van der Waals surface area (Å²) in [7, 11) is -2.53. The number of carbonyl (C=O) groups is 1. The van der Waals surface area contributed by atoms with Crippen LogP contribution in [0.5, 0.6) is 0 Å². The van der Waals surface area contributed by atoms with Crippen molar-refractivity contribution in [2.45, 2.75) is 11.3 Å². The van der Waals surface area contributed by atoms with Crippen LogP contribution < -0.4 is 15.8 Å². The van der Waals surface area contributed by atoms with Crippen LogP contribution >= 0.6 is 11.3 Å². The van der Waals surface area contributed by atoms with E-state index in [4.69, 9.17) is 5.73 Å². The fourth-order valence-corrected chi connectivity index (χ4v) is 7.22. The molecule has 0 aliphatic carbocycles. The molecule has 1 aromatic heterocycles. The number of rotatable bonds is 4. The number of nitrogens with two attached hydrogens (primary N) is 1. The third-order valence-electron chi connectivity index (χ3n) is 5.64. The van der Waals surface area contributed by atoms with Gasteiger partial charge in [-0.1, -0.05) is 18.2 Å². The van der Waals surface area contributed by atoms with Crippen molar-refractivity contribution < 1.29 is 13.4 Å². The highest BCUT2D eigenvalue weighted by molar-refractivity contribution is 8.01. The van der Waals surface area contributed by atoms with E-state index in [1.165, 1.54) is 23.5 Å². The van der Waals surface area contributed by atoms with Crippen LogP contribution in [0.1, 0.15) is 16.1 Å². The molecule has 3 aromatic carbocycles. The van der Waals surface area contributed by atoms with E-state index in [9.17, 15) is 13.4 Å². The second-order valence-corrected chi connectivity index (χ2v) is 11.7. The number of nitrogens with one attached hydrogen (secondary N) is 2. The molecular weight excluding hydrogens is 445 g/mol. The van der Waals surface area contributed by atoms with Gasteiger partial charge in [0.2, 0.25) is 0 Å². The van der Waals surface area contributed by atoms with Crippen molar-refractivity contribution in [2.24, 2.45) is 0 Å². The first-order valence-corrected chi connectivity index (χ1v) is 13.0. The van der Waals surface area contributed by atoms with Crippen LogP contribution in [0.15, 0.2) is 71.6 Å². The number of benzene rings is 3. The topological polar surface area (TPSA) is 84.2 Å². The standard InChI is InChI=1S/C24H22FN3O2S2/c25-18-5-2-15(3-6-18)16-4-8-20(26)21(13-16)28-24(29)23-14-17-12-19(7-9-22(17)31-23)32(30)11-1-10-27-32/h2-9,12-14,32H,1,10-11,26H2,(H,27,30)(H,28,29). The molecule has 0 bridgehead atoms. The van der Waals surface area contributed by atoms with Gasteiger partial charge in [-0.2, -0.15) is 0 Å². The molecule has 0 unspecified atom stereocenters. The normalized spacial score (nSPS) is 16.2. The Labute approximate surface area is 190 Å². The van der Waals surface area contributed by atoms with Crippen molar-refractivity contribution in [3.05, 3.63) is 77.4 Å². The predicted molar refractivity (Wildman–Crippen MR) is 131 cm³/mol. The molecule has 1 amide bonds. The van der Waals surface area contributed by atoms with Crippen LogP contribution in [-0.2, 0) is 10.1 Å².